The van der Waals surface area contributed by atoms with Crippen LogP contribution in [0.5, 0.6) is 5.75 Å². The van der Waals surface area contributed by atoms with Crippen LogP contribution in [0.4, 0.5) is 8.78 Å². The molecule has 2 aromatic carbocycles. The number of amides is 1. The van der Waals surface area contributed by atoms with E-state index < -0.39 is 23.1 Å². The number of rotatable bonds is 6. The van der Waals surface area contributed by atoms with Crippen molar-refractivity contribution in [1.82, 2.24) is 14.8 Å². The first-order valence-electron chi connectivity index (χ1n) is 8.81. The highest BCUT2D eigenvalue weighted by Crippen LogP contribution is 2.33. The number of halogens is 3. The maximum atomic E-state index is 14.0. The van der Waals surface area contributed by atoms with Gasteiger partial charge in [0.25, 0.3) is 0 Å². The number of nitrogens with zero attached hydrogens (tertiary/aromatic N) is 3. The molecule has 0 fully saturated rings. The van der Waals surface area contributed by atoms with Gasteiger partial charge in [-0.25, -0.2) is 8.78 Å². The van der Waals surface area contributed by atoms with Gasteiger partial charge >= 0.3 is 0 Å². The van der Waals surface area contributed by atoms with E-state index in [4.69, 9.17) is 22.1 Å². The van der Waals surface area contributed by atoms with E-state index in [1.165, 1.54) is 12.1 Å². The van der Waals surface area contributed by atoms with Crippen LogP contribution in [0, 0.1) is 11.6 Å². The van der Waals surface area contributed by atoms with Gasteiger partial charge in [-0.15, -0.1) is 10.2 Å². The molecule has 152 valence electrons. The predicted molar refractivity (Wildman–Crippen MR) is 105 cm³/mol. The second-order valence-electron chi connectivity index (χ2n) is 6.84. The van der Waals surface area contributed by atoms with Crippen LogP contribution >= 0.6 is 11.6 Å². The van der Waals surface area contributed by atoms with Crippen molar-refractivity contribution in [3.8, 4) is 17.1 Å². The molecule has 0 spiro atoms. The Balaban J connectivity index is 2.01. The van der Waals surface area contributed by atoms with Gasteiger partial charge in [0.2, 0.25) is 5.91 Å². The van der Waals surface area contributed by atoms with Crippen molar-refractivity contribution in [2.45, 2.75) is 32.9 Å². The second-order valence-corrected chi connectivity index (χ2v) is 7.24. The van der Waals surface area contributed by atoms with Gasteiger partial charge in [-0.2, -0.15) is 0 Å². The first-order chi connectivity index (χ1) is 13.6. The molecular weight excluding hydrogens is 402 g/mol. The fourth-order valence-corrected chi connectivity index (χ4v) is 3.24. The van der Waals surface area contributed by atoms with Gasteiger partial charge in [0, 0.05) is 23.7 Å². The summed E-state index contributed by atoms with van der Waals surface area (Å²) in [5.74, 6) is -1.32. The molecule has 0 atom stereocenters. The van der Waals surface area contributed by atoms with E-state index in [2.05, 4.69) is 10.2 Å². The fraction of sp³-hybridized carbons (Fsp3) is 0.250. The molecule has 1 heterocycles. The Morgan fingerprint density at radius 2 is 1.93 bits per heavy atom. The van der Waals surface area contributed by atoms with E-state index in [1.54, 1.807) is 30.5 Å². The molecular formula is C20H19ClF2N4O2. The third kappa shape index (κ3) is 4.07. The van der Waals surface area contributed by atoms with Gasteiger partial charge in [-0.05, 0) is 51.1 Å². The molecule has 1 aromatic heterocycles. The van der Waals surface area contributed by atoms with Gasteiger partial charge in [-0.3, -0.25) is 4.79 Å². The summed E-state index contributed by atoms with van der Waals surface area (Å²) in [5, 5.41) is 8.72. The van der Waals surface area contributed by atoms with Crippen molar-refractivity contribution >= 4 is 17.5 Å². The van der Waals surface area contributed by atoms with Gasteiger partial charge < -0.3 is 15.0 Å². The number of carbonyl (C=O) groups excluding carboxylic acids is 1. The Kier molecular flexibility index (Phi) is 5.57. The van der Waals surface area contributed by atoms with Crippen LogP contribution in [0.25, 0.3) is 11.4 Å². The molecule has 0 unspecified atom stereocenters. The van der Waals surface area contributed by atoms with Crippen LogP contribution in [0.15, 0.2) is 36.4 Å². The second kappa shape index (κ2) is 7.79. The highest BCUT2D eigenvalue weighted by atomic mass is 35.5. The smallest absolute Gasteiger partial charge is 0.248 e. The molecule has 0 aliphatic rings. The fourth-order valence-electron chi connectivity index (χ4n) is 2.98. The van der Waals surface area contributed by atoms with E-state index in [1.807, 2.05) is 6.92 Å². The number of hydrogen-bond acceptors (Lipinski definition) is 4. The molecule has 2 N–H and O–H groups in total. The summed E-state index contributed by atoms with van der Waals surface area (Å²) in [7, 11) is 0. The summed E-state index contributed by atoms with van der Waals surface area (Å²) < 4.78 is 34.8. The zero-order valence-corrected chi connectivity index (χ0v) is 16.8. The molecule has 6 nitrogen and oxygen atoms in total. The lowest BCUT2D eigenvalue weighted by atomic mass is 10.1. The first kappa shape index (κ1) is 20.7. The SMILES string of the molecule is CCn1c(-c2ccc(C(N)=O)cc2Cl)nnc1C(C)(C)Oc1ccc(F)cc1F. The largest absolute Gasteiger partial charge is 0.477 e. The topological polar surface area (TPSA) is 83.0 Å². The summed E-state index contributed by atoms with van der Waals surface area (Å²) in [6.07, 6.45) is 0. The molecule has 0 bridgehead atoms. The maximum absolute atomic E-state index is 14.0. The third-order valence-corrected chi connectivity index (χ3v) is 4.67. The van der Waals surface area contributed by atoms with Crippen LogP contribution in [0.1, 0.15) is 37.0 Å². The highest BCUT2D eigenvalue weighted by Gasteiger charge is 2.32. The average molecular weight is 421 g/mol. The molecule has 3 rings (SSSR count). The summed E-state index contributed by atoms with van der Waals surface area (Å²) in [5.41, 5.74) is 5.03. The Labute approximate surface area is 171 Å². The maximum Gasteiger partial charge on any atom is 0.248 e. The Hall–Kier alpha value is -3.00. The molecule has 0 aliphatic carbocycles. The molecule has 3 aromatic rings. The number of nitrogens with two attached hydrogens (primary N) is 1. The Morgan fingerprint density at radius 1 is 1.21 bits per heavy atom. The predicted octanol–water partition coefficient (Wildman–Crippen LogP) is 4.31. The summed E-state index contributed by atoms with van der Waals surface area (Å²) >= 11 is 6.32. The average Bonchev–Trinajstić information content (AvgIpc) is 3.08. The Morgan fingerprint density at radius 3 is 2.52 bits per heavy atom. The monoisotopic (exact) mass is 420 g/mol. The molecule has 29 heavy (non-hydrogen) atoms. The normalized spacial score (nSPS) is 11.5. The highest BCUT2D eigenvalue weighted by molar-refractivity contribution is 6.33. The summed E-state index contributed by atoms with van der Waals surface area (Å²) in [6, 6.07) is 7.73. The van der Waals surface area contributed by atoms with Crippen LogP contribution in [-0.2, 0) is 12.1 Å². The zero-order chi connectivity index (χ0) is 21.3. The lowest BCUT2D eigenvalue weighted by Gasteiger charge is -2.26. The van der Waals surface area contributed by atoms with E-state index in [9.17, 15) is 13.6 Å². The van der Waals surface area contributed by atoms with E-state index in [-0.39, 0.29) is 11.3 Å². The standard InChI is InChI=1S/C20H19ClF2N4O2/c1-4-27-18(13-7-5-11(17(24)28)9-14(13)21)25-26-19(27)20(2,3)29-16-8-6-12(22)10-15(16)23/h5-10H,4H2,1-3H3,(H2,24,28). The lowest BCUT2D eigenvalue weighted by molar-refractivity contribution is 0.0883. The van der Waals surface area contributed by atoms with E-state index >= 15 is 0 Å². The van der Waals surface area contributed by atoms with Gasteiger partial charge in [0.1, 0.15) is 5.82 Å². The summed E-state index contributed by atoms with van der Waals surface area (Å²) in [6.45, 7) is 5.77. The van der Waals surface area contributed by atoms with E-state index in [0.29, 0.717) is 28.8 Å². The lowest BCUT2D eigenvalue weighted by Crippen LogP contribution is -2.30. The van der Waals surface area contributed by atoms with Gasteiger partial charge in [-0.1, -0.05) is 11.6 Å². The van der Waals surface area contributed by atoms with Crippen molar-refractivity contribution < 1.29 is 18.3 Å². The van der Waals surface area contributed by atoms with Crippen LogP contribution in [0.3, 0.4) is 0 Å². The Bertz CT molecular complexity index is 1080. The number of ether oxygens (including phenoxy) is 1. The number of carbonyl (C=O) groups is 1. The molecule has 1 amide bonds. The van der Waals surface area contributed by atoms with Crippen molar-refractivity contribution in [2.24, 2.45) is 5.73 Å². The molecule has 0 radical (unpaired) electrons. The minimum atomic E-state index is -1.08. The third-order valence-electron chi connectivity index (χ3n) is 4.36. The number of aromatic nitrogens is 3. The number of primary amides is 1. The van der Waals surface area contributed by atoms with Crippen molar-refractivity contribution in [3.05, 3.63) is 64.4 Å². The summed E-state index contributed by atoms with van der Waals surface area (Å²) in [4.78, 5) is 11.3. The van der Waals surface area contributed by atoms with Crippen molar-refractivity contribution in [2.75, 3.05) is 0 Å². The van der Waals surface area contributed by atoms with E-state index in [0.717, 1.165) is 12.1 Å². The minimum Gasteiger partial charge on any atom is -0.477 e. The van der Waals surface area contributed by atoms with Crippen LogP contribution in [0.2, 0.25) is 5.02 Å². The quantitative estimate of drug-likeness (QED) is 0.644. The van der Waals surface area contributed by atoms with Crippen LogP contribution in [-0.4, -0.2) is 20.7 Å². The van der Waals surface area contributed by atoms with Crippen LogP contribution < -0.4 is 10.5 Å². The molecule has 0 saturated heterocycles. The molecule has 0 aliphatic heterocycles. The zero-order valence-electron chi connectivity index (χ0n) is 16.0. The minimum absolute atomic E-state index is 0.104. The van der Waals surface area contributed by atoms with Crippen molar-refractivity contribution in [3.63, 3.8) is 0 Å². The van der Waals surface area contributed by atoms with Crippen molar-refractivity contribution in [1.29, 1.82) is 0 Å². The number of hydrogen-bond donors (Lipinski definition) is 1. The first-order valence-corrected chi connectivity index (χ1v) is 9.19. The van der Waals surface area contributed by atoms with Gasteiger partial charge in [0.05, 0.1) is 5.02 Å². The molecule has 9 heteroatoms. The number of benzene rings is 2. The molecule has 0 saturated carbocycles. The van der Waals surface area contributed by atoms with Gasteiger partial charge in [0.15, 0.2) is 28.8 Å².